The first-order chi connectivity index (χ1) is 11.0. The SMILES string of the molecule is Cn1ncc2c(=O)n(CC(=O)OCc3ccc(Cl)nc3)cnc21. The van der Waals surface area contributed by atoms with Crippen molar-refractivity contribution in [3.8, 4) is 0 Å². The van der Waals surface area contributed by atoms with Crippen molar-refractivity contribution in [1.82, 2.24) is 24.3 Å². The Bertz CT molecular complexity index is 916. The number of carbonyl (C=O) groups is 1. The molecular formula is C14H12ClN5O3. The van der Waals surface area contributed by atoms with E-state index in [0.29, 0.717) is 21.7 Å². The van der Waals surface area contributed by atoms with Crippen LogP contribution in [-0.4, -0.2) is 30.3 Å². The van der Waals surface area contributed by atoms with Gasteiger partial charge < -0.3 is 4.74 Å². The van der Waals surface area contributed by atoms with Gasteiger partial charge in [0.25, 0.3) is 5.56 Å². The molecular weight excluding hydrogens is 322 g/mol. The van der Waals surface area contributed by atoms with Crippen LogP contribution < -0.4 is 5.56 Å². The lowest BCUT2D eigenvalue weighted by Gasteiger charge is -2.07. The highest BCUT2D eigenvalue weighted by molar-refractivity contribution is 6.29. The van der Waals surface area contributed by atoms with E-state index in [2.05, 4.69) is 15.1 Å². The zero-order valence-corrected chi connectivity index (χ0v) is 12.9. The number of aromatic nitrogens is 5. The molecule has 0 aliphatic rings. The van der Waals surface area contributed by atoms with Crippen LogP contribution in [0.1, 0.15) is 5.56 Å². The molecule has 118 valence electrons. The molecule has 0 bridgehead atoms. The number of esters is 1. The van der Waals surface area contributed by atoms with Crippen molar-refractivity contribution in [1.29, 1.82) is 0 Å². The van der Waals surface area contributed by atoms with E-state index in [1.165, 1.54) is 28.0 Å². The molecule has 0 unspecified atom stereocenters. The van der Waals surface area contributed by atoms with Gasteiger partial charge in [0.2, 0.25) is 0 Å². The smallest absolute Gasteiger partial charge is 0.326 e. The van der Waals surface area contributed by atoms with Gasteiger partial charge in [0.1, 0.15) is 30.0 Å². The van der Waals surface area contributed by atoms with E-state index in [-0.39, 0.29) is 18.7 Å². The van der Waals surface area contributed by atoms with Crippen molar-refractivity contribution in [3.63, 3.8) is 0 Å². The molecule has 0 atom stereocenters. The van der Waals surface area contributed by atoms with E-state index in [4.69, 9.17) is 16.3 Å². The maximum Gasteiger partial charge on any atom is 0.326 e. The third kappa shape index (κ3) is 3.21. The van der Waals surface area contributed by atoms with E-state index in [0.717, 1.165) is 0 Å². The van der Waals surface area contributed by atoms with Crippen LogP contribution in [0.5, 0.6) is 0 Å². The summed E-state index contributed by atoms with van der Waals surface area (Å²) >= 11 is 5.68. The van der Waals surface area contributed by atoms with Crippen LogP contribution in [0.15, 0.2) is 35.6 Å². The molecule has 0 saturated carbocycles. The first-order valence-corrected chi connectivity index (χ1v) is 7.05. The average Bonchev–Trinajstić information content (AvgIpc) is 2.92. The molecule has 0 N–H and O–H groups in total. The number of aryl methyl sites for hydroxylation is 1. The molecule has 23 heavy (non-hydrogen) atoms. The van der Waals surface area contributed by atoms with E-state index in [9.17, 15) is 9.59 Å². The molecule has 3 aromatic rings. The van der Waals surface area contributed by atoms with Gasteiger partial charge in [-0.25, -0.2) is 9.97 Å². The Balaban J connectivity index is 1.69. The minimum absolute atomic E-state index is 0.0559. The van der Waals surface area contributed by atoms with Gasteiger partial charge in [-0.1, -0.05) is 17.7 Å². The number of hydrogen-bond donors (Lipinski definition) is 0. The van der Waals surface area contributed by atoms with Crippen LogP contribution in [-0.2, 0) is 29.7 Å². The van der Waals surface area contributed by atoms with Crippen molar-refractivity contribution < 1.29 is 9.53 Å². The maximum atomic E-state index is 12.2. The normalized spacial score (nSPS) is 10.9. The van der Waals surface area contributed by atoms with Crippen LogP contribution in [0.25, 0.3) is 11.0 Å². The molecule has 0 spiro atoms. The Morgan fingerprint density at radius 2 is 2.13 bits per heavy atom. The molecule has 0 fully saturated rings. The minimum Gasteiger partial charge on any atom is -0.459 e. The number of carbonyl (C=O) groups excluding carboxylic acids is 1. The summed E-state index contributed by atoms with van der Waals surface area (Å²) in [5.41, 5.74) is 0.830. The molecule has 0 radical (unpaired) electrons. The number of hydrogen-bond acceptors (Lipinski definition) is 6. The van der Waals surface area contributed by atoms with Crippen LogP contribution >= 0.6 is 11.6 Å². The summed E-state index contributed by atoms with van der Waals surface area (Å²) in [4.78, 5) is 32.1. The highest BCUT2D eigenvalue weighted by atomic mass is 35.5. The highest BCUT2D eigenvalue weighted by Crippen LogP contribution is 2.07. The summed E-state index contributed by atoms with van der Waals surface area (Å²) in [5, 5.41) is 4.68. The maximum absolute atomic E-state index is 12.2. The summed E-state index contributed by atoms with van der Waals surface area (Å²) in [6.07, 6.45) is 4.24. The number of halogens is 1. The van der Waals surface area contributed by atoms with E-state index >= 15 is 0 Å². The van der Waals surface area contributed by atoms with Crippen LogP contribution in [0.2, 0.25) is 5.15 Å². The second-order valence-electron chi connectivity index (χ2n) is 4.83. The molecule has 0 saturated heterocycles. The molecule has 0 aromatic carbocycles. The second-order valence-corrected chi connectivity index (χ2v) is 5.22. The summed E-state index contributed by atoms with van der Waals surface area (Å²) in [5.74, 6) is -0.549. The van der Waals surface area contributed by atoms with Gasteiger partial charge in [-0.05, 0) is 6.07 Å². The lowest BCUT2D eigenvalue weighted by molar-refractivity contribution is -0.145. The molecule has 0 amide bonds. The van der Waals surface area contributed by atoms with Crippen molar-refractivity contribution >= 4 is 28.6 Å². The molecule has 3 heterocycles. The summed E-state index contributed by atoms with van der Waals surface area (Å²) in [6, 6.07) is 3.31. The number of nitrogens with zero attached hydrogens (tertiary/aromatic N) is 5. The van der Waals surface area contributed by atoms with Crippen LogP contribution in [0, 0.1) is 0 Å². The molecule has 3 aromatic heterocycles. The first kappa shape index (κ1) is 15.2. The summed E-state index contributed by atoms with van der Waals surface area (Å²) in [7, 11) is 1.69. The molecule has 3 rings (SSSR count). The lowest BCUT2D eigenvalue weighted by atomic mass is 10.3. The largest absolute Gasteiger partial charge is 0.459 e. The van der Waals surface area contributed by atoms with Gasteiger partial charge in [-0.3, -0.25) is 18.8 Å². The number of pyridine rings is 1. The fraction of sp³-hybridized carbons (Fsp3) is 0.214. The zero-order valence-electron chi connectivity index (χ0n) is 12.1. The van der Waals surface area contributed by atoms with Crippen LogP contribution in [0.3, 0.4) is 0 Å². The van der Waals surface area contributed by atoms with Gasteiger partial charge >= 0.3 is 5.97 Å². The van der Waals surface area contributed by atoms with Gasteiger partial charge in [0, 0.05) is 18.8 Å². The van der Waals surface area contributed by atoms with E-state index in [1.807, 2.05) is 0 Å². The van der Waals surface area contributed by atoms with Gasteiger partial charge in [-0.2, -0.15) is 5.10 Å². The molecule has 0 aliphatic carbocycles. The Kier molecular flexibility index (Phi) is 4.07. The van der Waals surface area contributed by atoms with Gasteiger partial charge in [0.15, 0.2) is 5.65 Å². The number of rotatable bonds is 4. The molecule has 8 nitrogen and oxygen atoms in total. The summed E-state index contributed by atoms with van der Waals surface area (Å²) in [6.45, 7) is -0.169. The minimum atomic E-state index is -0.549. The molecule has 9 heteroatoms. The monoisotopic (exact) mass is 333 g/mol. The quantitative estimate of drug-likeness (QED) is 0.521. The zero-order chi connectivity index (χ0) is 16.4. The third-order valence-electron chi connectivity index (χ3n) is 3.21. The fourth-order valence-corrected chi connectivity index (χ4v) is 2.13. The Morgan fingerprint density at radius 1 is 1.30 bits per heavy atom. The van der Waals surface area contributed by atoms with Crippen molar-refractivity contribution in [3.05, 3.63) is 51.9 Å². The average molecular weight is 334 g/mol. The number of ether oxygens (including phenoxy) is 1. The van der Waals surface area contributed by atoms with E-state index < -0.39 is 5.97 Å². The highest BCUT2D eigenvalue weighted by Gasteiger charge is 2.11. The van der Waals surface area contributed by atoms with Crippen LogP contribution in [0.4, 0.5) is 0 Å². The fourth-order valence-electron chi connectivity index (χ4n) is 2.02. The number of fused-ring (bicyclic) bond motifs is 1. The summed E-state index contributed by atoms with van der Waals surface area (Å²) < 4.78 is 7.79. The Hall–Kier alpha value is -2.74. The third-order valence-corrected chi connectivity index (χ3v) is 3.43. The van der Waals surface area contributed by atoms with Crippen molar-refractivity contribution in [2.45, 2.75) is 13.2 Å². The topological polar surface area (TPSA) is 91.9 Å². The first-order valence-electron chi connectivity index (χ1n) is 6.68. The predicted molar refractivity (Wildman–Crippen MR) is 81.8 cm³/mol. The van der Waals surface area contributed by atoms with E-state index in [1.54, 1.807) is 19.2 Å². The van der Waals surface area contributed by atoms with Gasteiger partial charge in [-0.15, -0.1) is 0 Å². The lowest BCUT2D eigenvalue weighted by Crippen LogP contribution is -2.25. The molecule has 0 aliphatic heterocycles. The van der Waals surface area contributed by atoms with Crippen molar-refractivity contribution in [2.24, 2.45) is 7.05 Å². The standard InChI is InChI=1S/C14H12ClN5O3/c1-19-13-10(5-18-19)14(22)20(8-17-13)6-12(21)23-7-9-2-3-11(15)16-4-9/h2-5,8H,6-7H2,1H3. The van der Waals surface area contributed by atoms with Gasteiger partial charge in [0.05, 0.1) is 6.20 Å². The second kappa shape index (κ2) is 6.17. The van der Waals surface area contributed by atoms with Crippen molar-refractivity contribution in [2.75, 3.05) is 0 Å². The Morgan fingerprint density at radius 3 is 2.87 bits per heavy atom. The Labute approximate surface area is 135 Å². The predicted octanol–water partition coefficient (Wildman–Crippen LogP) is 0.922.